The molecule has 0 aliphatic carbocycles. The highest BCUT2D eigenvalue weighted by atomic mass is 35.5. The van der Waals surface area contributed by atoms with E-state index in [1.807, 2.05) is 91.9 Å². The SMILES string of the molecule is CC(Oc1ccc(CC2SC(=O)NC2=O)cc1)c1nc2ccc(Oc3ccc(Cc4ccccc4)c(O)c3)cc2[nH]1.Cl. The van der Waals surface area contributed by atoms with Crippen LogP contribution < -0.4 is 14.8 Å². The zero-order chi connectivity index (χ0) is 28.3. The summed E-state index contributed by atoms with van der Waals surface area (Å²) in [5, 5.41) is 12.2. The van der Waals surface area contributed by atoms with Gasteiger partial charge in [-0.2, -0.15) is 0 Å². The van der Waals surface area contributed by atoms with Gasteiger partial charge in [-0.25, -0.2) is 4.98 Å². The van der Waals surface area contributed by atoms with Crippen molar-refractivity contribution < 1.29 is 24.2 Å². The van der Waals surface area contributed by atoms with Crippen molar-refractivity contribution in [3.05, 3.63) is 114 Å². The molecule has 8 nitrogen and oxygen atoms in total. The summed E-state index contributed by atoms with van der Waals surface area (Å²) in [6.45, 7) is 1.91. The maximum Gasteiger partial charge on any atom is 0.286 e. The monoisotopic (exact) mass is 601 g/mol. The van der Waals surface area contributed by atoms with Crippen LogP contribution in [0.3, 0.4) is 0 Å². The molecule has 6 rings (SSSR count). The summed E-state index contributed by atoms with van der Waals surface area (Å²) in [7, 11) is 0. The van der Waals surface area contributed by atoms with Gasteiger partial charge in [-0.3, -0.25) is 14.9 Å². The van der Waals surface area contributed by atoms with Crippen LogP contribution in [-0.2, 0) is 17.6 Å². The molecule has 1 fully saturated rings. The van der Waals surface area contributed by atoms with Crippen molar-refractivity contribution in [1.82, 2.24) is 15.3 Å². The third-order valence-corrected chi connectivity index (χ3v) is 7.79. The fraction of sp³-hybridized carbons (Fsp3) is 0.156. The number of thioether (sulfide) groups is 1. The molecule has 2 atom stereocenters. The molecule has 10 heteroatoms. The Labute approximate surface area is 252 Å². The zero-order valence-electron chi connectivity index (χ0n) is 22.6. The molecule has 4 aromatic carbocycles. The lowest BCUT2D eigenvalue weighted by molar-refractivity contribution is -0.118. The van der Waals surface area contributed by atoms with Crippen LogP contribution in [0.1, 0.15) is 35.5 Å². The van der Waals surface area contributed by atoms with Gasteiger partial charge >= 0.3 is 0 Å². The maximum absolute atomic E-state index is 11.8. The molecule has 2 heterocycles. The first kappa shape index (κ1) is 29.0. The van der Waals surface area contributed by atoms with Crippen LogP contribution in [0, 0.1) is 0 Å². The summed E-state index contributed by atoms with van der Waals surface area (Å²) < 4.78 is 12.1. The minimum atomic E-state index is -0.401. The van der Waals surface area contributed by atoms with E-state index in [9.17, 15) is 14.7 Å². The van der Waals surface area contributed by atoms with Crippen LogP contribution in [0.4, 0.5) is 4.79 Å². The van der Waals surface area contributed by atoms with E-state index in [2.05, 4.69) is 15.3 Å². The fourth-order valence-corrected chi connectivity index (χ4v) is 5.54. The van der Waals surface area contributed by atoms with E-state index in [-0.39, 0.29) is 35.4 Å². The lowest BCUT2D eigenvalue weighted by Gasteiger charge is -2.13. The molecule has 2 unspecified atom stereocenters. The number of hydrogen-bond donors (Lipinski definition) is 3. The largest absolute Gasteiger partial charge is 0.508 e. The summed E-state index contributed by atoms with van der Waals surface area (Å²) in [4.78, 5) is 31.2. The number of imide groups is 1. The molecule has 1 saturated heterocycles. The first-order valence-electron chi connectivity index (χ1n) is 13.2. The fourth-order valence-electron chi connectivity index (χ4n) is 4.68. The smallest absolute Gasteiger partial charge is 0.286 e. The number of fused-ring (bicyclic) bond motifs is 1. The van der Waals surface area contributed by atoms with Crippen LogP contribution in [-0.4, -0.2) is 31.5 Å². The summed E-state index contributed by atoms with van der Waals surface area (Å²) in [6, 6.07) is 28.4. The van der Waals surface area contributed by atoms with Gasteiger partial charge in [0.1, 0.15) is 28.8 Å². The number of aromatic hydroxyl groups is 1. The number of H-pyrrole nitrogens is 1. The number of rotatable bonds is 9. The Balaban J connectivity index is 0.00000353. The number of nitrogens with one attached hydrogen (secondary N) is 2. The van der Waals surface area contributed by atoms with Gasteiger partial charge in [-0.15, -0.1) is 12.4 Å². The van der Waals surface area contributed by atoms with Crippen molar-refractivity contribution in [2.75, 3.05) is 0 Å². The van der Waals surface area contributed by atoms with Gasteiger partial charge in [0.15, 0.2) is 6.10 Å². The summed E-state index contributed by atoms with van der Waals surface area (Å²) in [5.41, 5.74) is 4.48. The van der Waals surface area contributed by atoms with Gasteiger partial charge in [0, 0.05) is 18.6 Å². The van der Waals surface area contributed by atoms with Crippen LogP contribution in [0.15, 0.2) is 91.0 Å². The number of hydrogen-bond acceptors (Lipinski definition) is 7. The lowest BCUT2D eigenvalue weighted by atomic mass is 10.0. The highest BCUT2D eigenvalue weighted by Gasteiger charge is 2.31. The van der Waals surface area contributed by atoms with Crippen LogP contribution in [0.2, 0.25) is 0 Å². The number of imidazole rings is 1. The average molecular weight is 602 g/mol. The van der Waals surface area contributed by atoms with Crippen molar-refractivity contribution in [1.29, 1.82) is 0 Å². The third kappa shape index (κ3) is 6.70. The number of carbonyl (C=O) groups is 2. The number of aromatic nitrogens is 2. The van der Waals surface area contributed by atoms with E-state index < -0.39 is 5.25 Å². The Bertz CT molecular complexity index is 1730. The zero-order valence-corrected chi connectivity index (χ0v) is 24.2. The molecule has 0 bridgehead atoms. The van der Waals surface area contributed by atoms with Gasteiger partial charge < -0.3 is 19.6 Å². The average Bonchev–Trinajstić information content (AvgIpc) is 3.53. The molecule has 1 aliphatic rings. The van der Waals surface area contributed by atoms with Crippen LogP contribution in [0.25, 0.3) is 11.0 Å². The minimum Gasteiger partial charge on any atom is -0.508 e. The maximum atomic E-state index is 11.8. The molecule has 2 amide bonds. The first-order valence-corrected chi connectivity index (χ1v) is 14.1. The van der Waals surface area contributed by atoms with Crippen LogP contribution >= 0.6 is 24.2 Å². The number of ether oxygens (including phenoxy) is 2. The number of carbonyl (C=O) groups excluding carboxylic acids is 2. The number of amides is 2. The van der Waals surface area contributed by atoms with E-state index in [4.69, 9.17) is 9.47 Å². The number of phenolic OH excluding ortho intramolecular Hbond substituents is 1. The van der Waals surface area contributed by atoms with Crippen molar-refractivity contribution in [3.8, 4) is 23.0 Å². The van der Waals surface area contributed by atoms with Crippen LogP contribution in [0.5, 0.6) is 23.0 Å². The Morgan fingerprint density at radius 3 is 2.33 bits per heavy atom. The lowest BCUT2D eigenvalue weighted by Crippen LogP contribution is -2.25. The molecular weight excluding hydrogens is 574 g/mol. The van der Waals surface area contributed by atoms with E-state index in [0.717, 1.165) is 39.5 Å². The number of benzene rings is 4. The number of phenols is 1. The van der Waals surface area contributed by atoms with Gasteiger partial charge in [-0.05, 0) is 60.4 Å². The van der Waals surface area contributed by atoms with Gasteiger partial charge in [-0.1, -0.05) is 60.3 Å². The molecule has 0 spiro atoms. The molecule has 3 N–H and O–H groups in total. The van der Waals surface area contributed by atoms with E-state index in [1.54, 1.807) is 6.07 Å². The molecule has 1 aromatic heterocycles. The highest BCUT2D eigenvalue weighted by Crippen LogP contribution is 2.31. The molecule has 0 saturated carbocycles. The van der Waals surface area contributed by atoms with Gasteiger partial charge in [0.2, 0.25) is 5.91 Å². The predicted octanol–water partition coefficient (Wildman–Crippen LogP) is 7.11. The van der Waals surface area contributed by atoms with E-state index >= 15 is 0 Å². The second-order valence-electron chi connectivity index (χ2n) is 9.85. The molecule has 5 aromatic rings. The van der Waals surface area contributed by atoms with Gasteiger partial charge in [0.05, 0.1) is 16.3 Å². The van der Waals surface area contributed by atoms with Gasteiger partial charge in [0.25, 0.3) is 5.24 Å². The number of halogens is 1. The van der Waals surface area contributed by atoms with E-state index in [0.29, 0.717) is 35.9 Å². The van der Waals surface area contributed by atoms with Crippen molar-refractivity contribution >= 4 is 46.3 Å². The highest BCUT2D eigenvalue weighted by molar-refractivity contribution is 8.15. The molecule has 0 radical (unpaired) electrons. The predicted molar refractivity (Wildman–Crippen MR) is 165 cm³/mol. The molecule has 1 aliphatic heterocycles. The summed E-state index contributed by atoms with van der Waals surface area (Å²) in [5.74, 6) is 2.43. The second kappa shape index (κ2) is 12.6. The quantitative estimate of drug-likeness (QED) is 0.165. The second-order valence-corrected chi connectivity index (χ2v) is 11.0. The summed E-state index contributed by atoms with van der Waals surface area (Å²) >= 11 is 1.02. The molecular formula is C32H28ClN3O5S. The Morgan fingerprint density at radius 2 is 1.62 bits per heavy atom. The normalized spacial score (nSPS) is 15.2. The third-order valence-electron chi connectivity index (χ3n) is 6.81. The first-order chi connectivity index (χ1) is 19.9. The van der Waals surface area contributed by atoms with Crippen molar-refractivity contribution in [2.24, 2.45) is 0 Å². The topological polar surface area (TPSA) is 114 Å². The Morgan fingerprint density at radius 1 is 0.905 bits per heavy atom. The van der Waals surface area contributed by atoms with Crippen molar-refractivity contribution in [3.63, 3.8) is 0 Å². The summed E-state index contributed by atoms with van der Waals surface area (Å²) in [6.07, 6.45) is 0.769. The number of nitrogens with zero attached hydrogens (tertiary/aromatic N) is 1. The molecule has 214 valence electrons. The standard InChI is InChI=1S/C32H27N3O5S.ClH/c1-19(39-23-10-7-21(8-11-23)16-29-31(37)35-32(38)41-29)30-33-26-14-13-24(17-27(26)34-30)40-25-12-9-22(28(36)18-25)15-20-5-3-2-4-6-20;/h2-14,17-19,29,36H,15-16H2,1H3,(H,33,34)(H,35,37,38);1H. The molecule has 42 heavy (non-hydrogen) atoms. The number of aromatic amines is 1. The Kier molecular flexibility index (Phi) is 8.70. The Hall–Kier alpha value is -4.47. The van der Waals surface area contributed by atoms with Crippen molar-refractivity contribution in [2.45, 2.75) is 31.1 Å². The minimum absolute atomic E-state index is 0. The van der Waals surface area contributed by atoms with E-state index in [1.165, 1.54) is 0 Å².